The van der Waals surface area contributed by atoms with Crippen molar-refractivity contribution < 1.29 is 5.11 Å². The third-order valence-corrected chi connectivity index (χ3v) is 6.16. The summed E-state index contributed by atoms with van der Waals surface area (Å²) in [5.41, 5.74) is 5.16. The van der Waals surface area contributed by atoms with Gasteiger partial charge in [-0.25, -0.2) is 9.97 Å². The van der Waals surface area contributed by atoms with E-state index in [4.69, 9.17) is 9.97 Å². The lowest BCUT2D eigenvalue weighted by Gasteiger charge is -2.37. The number of aromatic hydroxyl groups is 1. The van der Waals surface area contributed by atoms with Gasteiger partial charge in [0, 0.05) is 66.1 Å². The van der Waals surface area contributed by atoms with E-state index < -0.39 is 0 Å². The van der Waals surface area contributed by atoms with Crippen molar-refractivity contribution in [2.24, 2.45) is 7.05 Å². The van der Waals surface area contributed by atoms with E-state index in [1.807, 2.05) is 33.2 Å². The summed E-state index contributed by atoms with van der Waals surface area (Å²) in [5, 5.41) is 20.9. The van der Waals surface area contributed by atoms with Crippen molar-refractivity contribution in [2.45, 2.75) is 39.8 Å². The Kier molecular flexibility index (Phi) is 4.59. The topological polar surface area (TPSA) is 79.1 Å². The second kappa shape index (κ2) is 7.20. The SMILES string of the molecule is Cc1nc(-c2cc3cn(C)nc3c(C)c2O)nc2ccc(N3C[C@H](C)N[C@@H](C)C3)cc12. The summed E-state index contributed by atoms with van der Waals surface area (Å²) in [6.07, 6.45) is 1.95. The Morgan fingerprint density at radius 3 is 2.55 bits per heavy atom. The zero-order valence-electron chi connectivity index (χ0n) is 18.6. The Hall–Kier alpha value is -3.19. The van der Waals surface area contributed by atoms with Gasteiger partial charge in [-0.05, 0) is 52.0 Å². The highest BCUT2D eigenvalue weighted by Crippen LogP contribution is 2.36. The van der Waals surface area contributed by atoms with E-state index in [1.165, 1.54) is 5.69 Å². The zero-order chi connectivity index (χ0) is 21.9. The molecule has 1 saturated heterocycles. The van der Waals surface area contributed by atoms with Crippen LogP contribution in [0.3, 0.4) is 0 Å². The van der Waals surface area contributed by atoms with E-state index in [0.717, 1.165) is 46.2 Å². The zero-order valence-corrected chi connectivity index (χ0v) is 18.6. The molecular weight excluding hydrogens is 388 g/mol. The highest BCUT2D eigenvalue weighted by atomic mass is 16.3. The molecule has 160 valence electrons. The minimum atomic E-state index is 0.186. The molecule has 2 aromatic heterocycles. The standard InChI is InChI=1S/C24H28N6O/c1-13-10-30(11-14(2)25-13)18-6-7-21-19(9-18)16(4)26-24(27-21)20-8-17-12-29(5)28-22(17)15(3)23(20)31/h6-9,12-14,25,31H,10-11H2,1-5H3/t13-,14-/m0/s1. The quantitative estimate of drug-likeness (QED) is 0.519. The number of rotatable bonds is 2. The predicted octanol–water partition coefficient (Wildman–Crippen LogP) is 3.69. The number of nitrogens with zero attached hydrogens (tertiary/aromatic N) is 5. The number of phenolic OH excluding ortho intramolecular Hbond substituents is 1. The molecule has 3 heterocycles. The number of aryl methyl sites for hydroxylation is 3. The number of hydrogen-bond acceptors (Lipinski definition) is 6. The van der Waals surface area contributed by atoms with Crippen LogP contribution in [0.4, 0.5) is 5.69 Å². The van der Waals surface area contributed by atoms with E-state index in [9.17, 15) is 5.11 Å². The molecule has 7 nitrogen and oxygen atoms in total. The van der Waals surface area contributed by atoms with Crippen LogP contribution in [-0.4, -0.2) is 50.0 Å². The average Bonchev–Trinajstić information content (AvgIpc) is 3.10. The summed E-state index contributed by atoms with van der Waals surface area (Å²) in [6, 6.07) is 9.21. The maximum absolute atomic E-state index is 10.8. The molecule has 4 aromatic rings. The molecule has 7 heteroatoms. The van der Waals surface area contributed by atoms with Crippen molar-refractivity contribution in [3.8, 4) is 17.1 Å². The van der Waals surface area contributed by atoms with Crippen molar-refractivity contribution in [1.29, 1.82) is 0 Å². The summed E-state index contributed by atoms with van der Waals surface area (Å²) in [4.78, 5) is 12.0. The first kappa shape index (κ1) is 19.8. The van der Waals surface area contributed by atoms with Crippen LogP contribution in [0.25, 0.3) is 33.2 Å². The van der Waals surface area contributed by atoms with Crippen LogP contribution in [0.1, 0.15) is 25.1 Å². The van der Waals surface area contributed by atoms with Crippen LogP contribution in [0.2, 0.25) is 0 Å². The van der Waals surface area contributed by atoms with Gasteiger partial charge in [0.05, 0.1) is 16.6 Å². The summed E-state index contributed by atoms with van der Waals surface area (Å²) >= 11 is 0. The van der Waals surface area contributed by atoms with Crippen molar-refractivity contribution in [3.05, 3.63) is 41.7 Å². The fraction of sp³-hybridized carbons (Fsp3) is 0.375. The van der Waals surface area contributed by atoms with Crippen LogP contribution in [0.5, 0.6) is 5.75 Å². The lowest BCUT2D eigenvalue weighted by atomic mass is 10.0. The molecule has 31 heavy (non-hydrogen) atoms. The number of benzene rings is 2. The minimum absolute atomic E-state index is 0.186. The lowest BCUT2D eigenvalue weighted by Crippen LogP contribution is -2.54. The Labute approximate surface area is 181 Å². The first-order valence-corrected chi connectivity index (χ1v) is 10.8. The largest absolute Gasteiger partial charge is 0.507 e. The fourth-order valence-corrected chi connectivity index (χ4v) is 4.74. The molecule has 0 bridgehead atoms. The minimum Gasteiger partial charge on any atom is -0.507 e. The highest BCUT2D eigenvalue weighted by molar-refractivity contribution is 5.92. The molecule has 1 aliphatic rings. The third-order valence-electron chi connectivity index (χ3n) is 6.16. The third kappa shape index (κ3) is 3.39. The van der Waals surface area contributed by atoms with Crippen LogP contribution in [0, 0.1) is 13.8 Å². The maximum Gasteiger partial charge on any atom is 0.163 e. The van der Waals surface area contributed by atoms with Crippen LogP contribution >= 0.6 is 0 Å². The number of anilines is 1. The number of hydrogen-bond donors (Lipinski definition) is 2. The Bertz CT molecular complexity index is 1300. The van der Waals surface area contributed by atoms with Gasteiger partial charge in [-0.2, -0.15) is 5.10 Å². The molecule has 0 unspecified atom stereocenters. The second-order valence-electron chi connectivity index (χ2n) is 8.85. The van der Waals surface area contributed by atoms with Crippen LogP contribution < -0.4 is 10.2 Å². The van der Waals surface area contributed by atoms with Gasteiger partial charge in [-0.15, -0.1) is 0 Å². The normalized spacial score (nSPS) is 19.5. The molecule has 1 fully saturated rings. The van der Waals surface area contributed by atoms with Gasteiger partial charge in [-0.1, -0.05) is 0 Å². The van der Waals surface area contributed by atoms with Crippen molar-refractivity contribution in [2.75, 3.05) is 18.0 Å². The van der Waals surface area contributed by atoms with E-state index in [1.54, 1.807) is 4.68 Å². The molecule has 0 radical (unpaired) electrons. The van der Waals surface area contributed by atoms with Gasteiger partial charge in [-0.3, -0.25) is 4.68 Å². The first-order chi connectivity index (χ1) is 14.8. The van der Waals surface area contributed by atoms with E-state index >= 15 is 0 Å². The highest BCUT2D eigenvalue weighted by Gasteiger charge is 2.22. The van der Waals surface area contributed by atoms with Crippen LogP contribution in [0.15, 0.2) is 30.5 Å². The second-order valence-corrected chi connectivity index (χ2v) is 8.85. The summed E-state index contributed by atoms with van der Waals surface area (Å²) in [7, 11) is 1.88. The van der Waals surface area contributed by atoms with Gasteiger partial charge < -0.3 is 15.3 Å². The Balaban J connectivity index is 1.59. The fourth-order valence-electron chi connectivity index (χ4n) is 4.74. The van der Waals surface area contributed by atoms with Gasteiger partial charge >= 0.3 is 0 Å². The van der Waals surface area contributed by atoms with Gasteiger partial charge in [0.25, 0.3) is 0 Å². The summed E-state index contributed by atoms with van der Waals surface area (Å²) in [5.74, 6) is 0.721. The Morgan fingerprint density at radius 1 is 1.06 bits per heavy atom. The van der Waals surface area contributed by atoms with Crippen molar-refractivity contribution in [1.82, 2.24) is 25.1 Å². The van der Waals surface area contributed by atoms with Crippen molar-refractivity contribution >= 4 is 27.5 Å². The van der Waals surface area contributed by atoms with E-state index in [-0.39, 0.29) is 5.75 Å². The number of nitrogens with one attached hydrogen (secondary N) is 1. The molecule has 0 spiro atoms. The molecule has 2 atom stereocenters. The molecule has 1 aliphatic heterocycles. The number of piperazine rings is 1. The maximum atomic E-state index is 10.8. The Morgan fingerprint density at radius 2 is 1.81 bits per heavy atom. The molecule has 2 aromatic carbocycles. The van der Waals surface area contributed by atoms with Gasteiger partial charge in [0.2, 0.25) is 0 Å². The molecular formula is C24H28N6O. The first-order valence-electron chi connectivity index (χ1n) is 10.8. The summed E-state index contributed by atoms with van der Waals surface area (Å²) in [6.45, 7) is 10.3. The average molecular weight is 417 g/mol. The molecule has 0 saturated carbocycles. The predicted molar refractivity (Wildman–Crippen MR) is 125 cm³/mol. The van der Waals surface area contributed by atoms with E-state index in [0.29, 0.717) is 23.5 Å². The molecule has 5 rings (SSSR count). The monoisotopic (exact) mass is 416 g/mol. The van der Waals surface area contributed by atoms with E-state index in [2.05, 4.69) is 47.4 Å². The smallest absolute Gasteiger partial charge is 0.163 e. The lowest BCUT2D eigenvalue weighted by molar-refractivity contribution is 0.407. The van der Waals surface area contributed by atoms with Gasteiger partial charge in [0.1, 0.15) is 5.75 Å². The molecule has 2 N–H and O–H groups in total. The van der Waals surface area contributed by atoms with Crippen molar-refractivity contribution in [3.63, 3.8) is 0 Å². The van der Waals surface area contributed by atoms with Crippen LogP contribution in [-0.2, 0) is 7.05 Å². The summed E-state index contributed by atoms with van der Waals surface area (Å²) < 4.78 is 1.76. The number of fused-ring (bicyclic) bond motifs is 2. The van der Waals surface area contributed by atoms with Gasteiger partial charge in [0.15, 0.2) is 5.82 Å². The molecule has 0 amide bonds. The number of phenols is 1. The number of aromatic nitrogens is 4. The molecule has 0 aliphatic carbocycles.